The molecule has 1 amide bonds. The van der Waals surface area contributed by atoms with Gasteiger partial charge in [-0.2, -0.15) is 0 Å². The van der Waals surface area contributed by atoms with E-state index in [0.717, 1.165) is 19.3 Å². The Labute approximate surface area is 225 Å². The first-order chi connectivity index (χ1) is 15.6. The zero-order chi connectivity index (χ0) is 24.9. The van der Waals surface area contributed by atoms with Crippen LogP contribution >= 0.6 is 24.8 Å². The molecule has 0 aliphatic rings. The van der Waals surface area contributed by atoms with Crippen molar-refractivity contribution in [3.05, 3.63) is 29.8 Å². The second-order valence-corrected chi connectivity index (χ2v) is 9.84. The quantitative estimate of drug-likeness (QED) is 0.222. The van der Waals surface area contributed by atoms with Gasteiger partial charge < -0.3 is 30.9 Å². The van der Waals surface area contributed by atoms with Crippen LogP contribution < -0.4 is 21.1 Å². The summed E-state index contributed by atoms with van der Waals surface area (Å²) in [6, 6.07) is 6.94. The molecule has 1 aromatic carbocycles. The summed E-state index contributed by atoms with van der Waals surface area (Å²) in [5, 5.41) is 17.0. The molecule has 1 rings (SSSR count). The number of halogens is 2. The molecule has 35 heavy (non-hydrogen) atoms. The van der Waals surface area contributed by atoms with Gasteiger partial charge in [-0.15, -0.1) is 24.8 Å². The van der Waals surface area contributed by atoms with E-state index in [1.165, 1.54) is 0 Å². The van der Waals surface area contributed by atoms with Crippen LogP contribution in [0.5, 0.6) is 5.75 Å². The SMILES string of the molecule is CCC(C)(C)NCC(O)C(N)CC(CNC(=O)c1ccccc1OCCCCOC)C(C)C.Cl.Cl. The van der Waals surface area contributed by atoms with Gasteiger partial charge in [-0.25, -0.2) is 0 Å². The van der Waals surface area contributed by atoms with Crippen molar-refractivity contribution in [3.63, 3.8) is 0 Å². The lowest BCUT2D eigenvalue weighted by Gasteiger charge is -2.30. The Balaban J connectivity index is 0. The molecule has 0 aromatic heterocycles. The number of hydrogen-bond donors (Lipinski definition) is 4. The van der Waals surface area contributed by atoms with E-state index in [9.17, 15) is 9.90 Å². The molecule has 0 aliphatic carbocycles. The summed E-state index contributed by atoms with van der Waals surface area (Å²) in [6.07, 6.45) is 2.74. The maximum atomic E-state index is 12.9. The highest BCUT2D eigenvalue weighted by Gasteiger charge is 2.25. The predicted octanol–water partition coefficient (Wildman–Crippen LogP) is 4.19. The van der Waals surface area contributed by atoms with E-state index < -0.39 is 6.10 Å². The van der Waals surface area contributed by atoms with Crippen molar-refractivity contribution < 1.29 is 19.4 Å². The van der Waals surface area contributed by atoms with Crippen LogP contribution in [0.1, 0.15) is 70.7 Å². The van der Waals surface area contributed by atoms with Crippen LogP contribution in [-0.2, 0) is 4.74 Å². The van der Waals surface area contributed by atoms with Crippen LogP contribution in [-0.4, -0.2) is 62.1 Å². The highest BCUT2D eigenvalue weighted by atomic mass is 35.5. The van der Waals surface area contributed by atoms with Gasteiger partial charge in [-0.05, 0) is 63.5 Å². The molecule has 5 N–H and O–H groups in total. The van der Waals surface area contributed by atoms with Crippen molar-refractivity contribution in [1.82, 2.24) is 10.6 Å². The molecule has 9 heteroatoms. The highest BCUT2D eigenvalue weighted by molar-refractivity contribution is 5.96. The zero-order valence-electron chi connectivity index (χ0n) is 22.3. The molecule has 7 nitrogen and oxygen atoms in total. The molecule has 0 heterocycles. The number of β-amino-alcohol motifs (C(OH)–C–C–N with tert-alkyl or cyclic N) is 1. The van der Waals surface area contributed by atoms with Crippen molar-refractivity contribution in [3.8, 4) is 5.75 Å². The minimum Gasteiger partial charge on any atom is -0.493 e. The van der Waals surface area contributed by atoms with E-state index in [0.29, 0.717) is 50.0 Å². The molecule has 0 radical (unpaired) electrons. The molecule has 3 unspecified atom stereocenters. The second-order valence-electron chi connectivity index (χ2n) is 9.84. The number of nitrogens with one attached hydrogen (secondary N) is 2. The molecule has 1 aromatic rings. The van der Waals surface area contributed by atoms with E-state index in [2.05, 4.69) is 45.3 Å². The van der Waals surface area contributed by atoms with Gasteiger partial charge in [-0.3, -0.25) is 4.79 Å². The lowest BCUT2D eigenvalue weighted by Crippen LogP contribution is -2.49. The summed E-state index contributed by atoms with van der Waals surface area (Å²) in [5.41, 5.74) is 6.82. The van der Waals surface area contributed by atoms with E-state index in [1.54, 1.807) is 13.2 Å². The predicted molar refractivity (Wildman–Crippen MR) is 149 cm³/mol. The maximum Gasteiger partial charge on any atom is 0.255 e. The Bertz CT molecular complexity index is 692. The summed E-state index contributed by atoms with van der Waals surface area (Å²) >= 11 is 0. The van der Waals surface area contributed by atoms with Crippen LogP contribution in [0.4, 0.5) is 0 Å². The minimum absolute atomic E-state index is 0. The summed E-state index contributed by atoms with van der Waals surface area (Å²) in [6.45, 7) is 12.8. The first-order valence-corrected chi connectivity index (χ1v) is 12.3. The summed E-state index contributed by atoms with van der Waals surface area (Å²) in [5.74, 6) is 0.898. The third kappa shape index (κ3) is 14.3. The highest BCUT2D eigenvalue weighted by Crippen LogP contribution is 2.21. The Hall–Kier alpha value is -1.09. The molecule has 0 spiro atoms. The number of carbonyl (C=O) groups excluding carboxylic acids is 1. The summed E-state index contributed by atoms with van der Waals surface area (Å²) in [7, 11) is 1.68. The number of carbonyl (C=O) groups is 1. The van der Waals surface area contributed by atoms with Crippen molar-refractivity contribution in [2.75, 3.05) is 33.4 Å². The number of aliphatic hydroxyl groups is 1. The number of hydrogen-bond acceptors (Lipinski definition) is 6. The number of benzene rings is 1. The van der Waals surface area contributed by atoms with Crippen LogP contribution in [0, 0.1) is 11.8 Å². The summed E-state index contributed by atoms with van der Waals surface area (Å²) in [4.78, 5) is 12.9. The zero-order valence-corrected chi connectivity index (χ0v) is 24.0. The van der Waals surface area contributed by atoms with Gasteiger partial charge in [0.1, 0.15) is 5.75 Å². The van der Waals surface area contributed by atoms with E-state index in [1.807, 2.05) is 18.2 Å². The van der Waals surface area contributed by atoms with E-state index in [4.69, 9.17) is 15.2 Å². The van der Waals surface area contributed by atoms with Crippen LogP contribution in [0.15, 0.2) is 24.3 Å². The van der Waals surface area contributed by atoms with Crippen LogP contribution in [0.3, 0.4) is 0 Å². The second kappa shape index (κ2) is 19.1. The topological polar surface area (TPSA) is 106 Å². The lowest BCUT2D eigenvalue weighted by atomic mass is 9.87. The van der Waals surface area contributed by atoms with Gasteiger partial charge in [-0.1, -0.05) is 32.9 Å². The maximum absolute atomic E-state index is 12.9. The first-order valence-electron chi connectivity index (χ1n) is 12.3. The van der Waals surface area contributed by atoms with E-state index >= 15 is 0 Å². The lowest BCUT2D eigenvalue weighted by molar-refractivity contribution is 0.0923. The number of aliphatic hydroxyl groups excluding tert-OH is 1. The average Bonchev–Trinajstić information content (AvgIpc) is 2.79. The van der Waals surface area contributed by atoms with Gasteiger partial charge in [0.2, 0.25) is 0 Å². The third-order valence-corrected chi connectivity index (χ3v) is 6.34. The Kier molecular flexibility index (Phi) is 19.7. The number of unbranched alkanes of at least 4 members (excludes halogenated alkanes) is 1. The minimum atomic E-state index is -0.639. The molecular formula is C26H49Cl2N3O4. The Morgan fingerprint density at radius 3 is 2.34 bits per heavy atom. The Morgan fingerprint density at radius 1 is 1.11 bits per heavy atom. The van der Waals surface area contributed by atoms with Crippen LogP contribution in [0.2, 0.25) is 0 Å². The molecule has 0 aliphatic heterocycles. The smallest absolute Gasteiger partial charge is 0.255 e. The number of nitrogens with two attached hydrogens (primary N) is 1. The molecule has 0 bridgehead atoms. The number of methoxy groups -OCH3 is 1. The Morgan fingerprint density at radius 2 is 1.74 bits per heavy atom. The number of ether oxygens (including phenoxy) is 2. The number of amides is 1. The van der Waals surface area contributed by atoms with Crippen LogP contribution in [0.25, 0.3) is 0 Å². The average molecular weight is 539 g/mol. The molecular weight excluding hydrogens is 489 g/mol. The van der Waals surface area contributed by atoms with E-state index in [-0.39, 0.29) is 48.2 Å². The number of rotatable bonds is 17. The largest absolute Gasteiger partial charge is 0.493 e. The molecule has 3 atom stereocenters. The van der Waals surface area contributed by atoms with Gasteiger partial charge in [0.15, 0.2) is 0 Å². The van der Waals surface area contributed by atoms with Crippen molar-refractivity contribution in [2.45, 2.75) is 78.0 Å². The van der Waals surface area contributed by atoms with Gasteiger partial charge in [0.05, 0.1) is 18.3 Å². The fourth-order valence-corrected chi connectivity index (χ4v) is 3.38. The molecule has 0 saturated heterocycles. The van der Waals surface area contributed by atoms with Crippen molar-refractivity contribution >= 4 is 30.7 Å². The van der Waals surface area contributed by atoms with Gasteiger partial charge in [0.25, 0.3) is 5.91 Å². The molecule has 206 valence electrons. The van der Waals surface area contributed by atoms with Crippen molar-refractivity contribution in [2.24, 2.45) is 17.6 Å². The van der Waals surface area contributed by atoms with Crippen molar-refractivity contribution in [1.29, 1.82) is 0 Å². The van der Waals surface area contributed by atoms with Gasteiger partial charge in [0, 0.05) is 38.4 Å². The molecule has 0 fully saturated rings. The fraction of sp³-hybridized carbons (Fsp3) is 0.731. The summed E-state index contributed by atoms with van der Waals surface area (Å²) < 4.78 is 10.9. The third-order valence-electron chi connectivity index (χ3n) is 6.34. The normalized spacial score (nSPS) is 13.9. The monoisotopic (exact) mass is 537 g/mol. The molecule has 0 saturated carbocycles. The van der Waals surface area contributed by atoms with Gasteiger partial charge >= 0.3 is 0 Å². The first kappa shape index (κ1) is 36.1. The fourth-order valence-electron chi connectivity index (χ4n) is 3.38. The standard InChI is InChI=1S/C26H47N3O4.2ClH/c1-7-26(4,5)29-18-23(30)22(27)16-20(19(2)3)17-28-25(31)21-12-8-9-13-24(21)33-15-11-10-14-32-6;;/h8-9,12-13,19-20,22-23,29-30H,7,10-11,14-18,27H2,1-6H3,(H,28,31);2*1H. The number of para-hydroxylation sites is 1.